The summed E-state index contributed by atoms with van der Waals surface area (Å²) in [5, 5.41) is 6.62. The Kier molecular flexibility index (Phi) is 8.50. The van der Waals surface area contributed by atoms with Crippen LogP contribution in [-0.2, 0) is 16.1 Å². The van der Waals surface area contributed by atoms with Crippen molar-refractivity contribution in [1.29, 1.82) is 0 Å². The lowest BCUT2D eigenvalue weighted by Gasteiger charge is -2.55. The minimum absolute atomic E-state index is 0.0177. The Morgan fingerprint density at radius 2 is 1.74 bits per heavy atom. The molecule has 3 amide bonds. The highest BCUT2D eigenvalue weighted by Crippen LogP contribution is 2.43. The van der Waals surface area contributed by atoms with Gasteiger partial charge in [-0.15, -0.1) is 0 Å². The van der Waals surface area contributed by atoms with Crippen molar-refractivity contribution in [3.63, 3.8) is 0 Å². The summed E-state index contributed by atoms with van der Waals surface area (Å²) in [6.07, 6.45) is 11.5. The van der Waals surface area contributed by atoms with Crippen molar-refractivity contribution in [2.24, 2.45) is 5.41 Å². The summed E-state index contributed by atoms with van der Waals surface area (Å²) in [5.41, 5.74) is 5.18. The molecule has 4 aliphatic rings. The highest BCUT2D eigenvalue weighted by Gasteiger charge is 2.45. The van der Waals surface area contributed by atoms with Crippen molar-refractivity contribution in [2.45, 2.75) is 69.9 Å². The molecule has 8 rings (SSSR count). The van der Waals surface area contributed by atoms with Gasteiger partial charge < -0.3 is 19.7 Å². The number of fused-ring (bicyclic) bond motifs is 1. The molecule has 0 unspecified atom stereocenters. The lowest BCUT2D eigenvalue weighted by Crippen LogP contribution is -2.60. The number of piperidine rings is 2. The molecule has 6 heterocycles. The molecule has 12 heteroatoms. The van der Waals surface area contributed by atoms with E-state index in [0.29, 0.717) is 35.7 Å². The normalized spacial score (nSPS) is 21.0. The van der Waals surface area contributed by atoms with Gasteiger partial charge in [-0.25, -0.2) is 9.97 Å². The van der Waals surface area contributed by atoms with Gasteiger partial charge in [-0.1, -0.05) is 31.0 Å². The van der Waals surface area contributed by atoms with Crippen molar-refractivity contribution in [1.82, 2.24) is 34.6 Å². The number of aromatic nitrogens is 4. The number of pyridine rings is 1. The SMILES string of the molecule is CN(C)C(=O)c1cc2cnc(Nc3ccc(CN4CCC5(CC4)CN(c4ccc([C@@H]6CCC(=O)NC6=O)cc4)C5)cn3)nc2n1C1CCCC1. The van der Waals surface area contributed by atoms with E-state index < -0.39 is 0 Å². The number of likely N-dealkylation sites (tertiary alicyclic amines) is 1. The zero-order valence-corrected chi connectivity index (χ0v) is 28.9. The minimum Gasteiger partial charge on any atom is -0.370 e. The van der Waals surface area contributed by atoms with Gasteiger partial charge in [-0.05, 0) is 80.6 Å². The Bertz CT molecular complexity index is 1900. The van der Waals surface area contributed by atoms with Crippen molar-refractivity contribution in [3.8, 4) is 0 Å². The molecule has 4 aromatic rings. The maximum absolute atomic E-state index is 13.0. The number of anilines is 3. The fraction of sp³-hybridized carbons (Fsp3) is 0.474. The number of hydrogen-bond acceptors (Lipinski definition) is 9. The maximum Gasteiger partial charge on any atom is 0.270 e. The molecule has 260 valence electrons. The fourth-order valence-electron chi connectivity index (χ4n) is 8.34. The van der Waals surface area contributed by atoms with Crippen LogP contribution in [0.15, 0.2) is 54.9 Å². The Labute approximate surface area is 292 Å². The Morgan fingerprint density at radius 3 is 2.42 bits per heavy atom. The van der Waals surface area contributed by atoms with Crippen molar-refractivity contribution >= 4 is 46.2 Å². The molecule has 3 aromatic heterocycles. The molecule has 0 bridgehead atoms. The van der Waals surface area contributed by atoms with E-state index in [9.17, 15) is 14.4 Å². The van der Waals surface area contributed by atoms with Crippen molar-refractivity contribution < 1.29 is 14.4 Å². The monoisotopic (exact) mass is 675 g/mol. The van der Waals surface area contributed by atoms with Crippen LogP contribution in [-0.4, -0.2) is 87.3 Å². The predicted molar refractivity (Wildman–Crippen MR) is 191 cm³/mol. The van der Waals surface area contributed by atoms with E-state index >= 15 is 0 Å². The summed E-state index contributed by atoms with van der Waals surface area (Å²) in [4.78, 5) is 57.5. The molecule has 1 saturated carbocycles. The van der Waals surface area contributed by atoms with Gasteiger partial charge in [-0.3, -0.25) is 24.6 Å². The summed E-state index contributed by atoms with van der Waals surface area (Å²) >= 11 is 0. The zero-order chi connectivity index (χ0) is 34.4. The van der Waals surface area contributed by atoms with E-state index in [-0.39, 0.29) is 29.7 Å². The number of carbonyl (C=O) groups is 3. The second-order valence-electron chi connectivity index (χ2n) is 14.9. The number of carbonyl (C=O) groups excluding carboxylic acids is 3. The summed E-state index contributed by atoms with van der Waals surface area (Å²) in [6.45, 7) is 5.12. The van der Waals surface area contributed by atoms with Crippen molar-refractivity contribution in [3.05, 3.63) is 71.7 Å². The molecule has 0 radical (unpaired) electrons. The van der Waals surface area contributed by atoms with Gasteiger partial charge in [0.15, 0.2) is 0 Å². The molecular weight excluding hydrogens is 630 g/mol. The highest BCUT2D eigenvalue weighted by molar-refractivity contribution is 6.01. The third-order valence-corrected chi connectivity index (χ3v) is 11.2. The Hall–Kier alpha value is -4.84. The molecule has 12 nitrogen and oxygen atoms in total. The van der Waals surface area contributed by atoms with E-state index in [0.717, 1.165) is 75.0 Å². The summed E-state index contributed by atoms with van der Waals surface area (Å²) in [5.74, 6) is 0.541. The lowest BCUT2D eigenvalue weighted by molar-refractivity contribution is -0.134. The highest BCUT2D eigenvalue weighted by atomic mass is 16.2. The van der Waals surface area contributed by atoms with Crippen LogP contribution in [0.1, 0.15) is 84.9 Å². The molecule has 3 saturated heterocycles. The third-order valence-electron chi connectivity index (χ3n) is 11.2. The smallest absolute Gasteiger partial charge is 0.270 e. The van der Waals surface area contributed by atoms with Gasteiger partial charge in [0.1, 0.15) is 17.2 Å². The standard InChI is InChI=1S/C38H45N9O3/c1-44(2)36(50)31-19-27-21-40-37(43-34(27)47(31)29-5-3-4-6-29)41-32-13-7-25(20-39-32)22-45-17-15-38(16-18-45)23-46(24-38)28-10-8-26(9-11-28)30-12-14-33(48)42-35(30)49/h7-11,13,19-21,29-30H,3-6,12,14-18,22-24H2,1-2H3,(H,42,48,49)(H,39,40,41,43)/t30-/m0/s1. The first-order valence-corrected chi connectivity index (χ1v) is 18.0. The number of hydrogen-bond donors (Lipinski definition) is 2. The lowest BCUT2D eigenvalue weighted by atomic mass is 9.71. The van der Waals surface area contributed by atoms with Crippen LogP contribution in [0.3, 0.4) is 0 Å². The van der Waals surface area contributed by atoms with Crippen LogP contribution < -0.4 is 15.5 Å². The van der Waals surface area contributed by atoms with Gasteiger partial charge in [0.05, 0.1) is 5.92 Å². The van der Waals surface area contributed by atoms with Crippen LogP contribution >= 0.6 is 0 Å². The van der Waals surface area contributed by atoms with Crippen LogP contribution in [0.25, 0.3) is 11.0 Å². The quantitative estimate of drug-likeness (QED) is 0.248. The van der Waals surface area contributed by atoms with E-state index in [2.05, 4.69) is 53.2 Å². The second kappa shape index (κ2) is 13.1. The molecule has 3 aliphatic heterocycles. The maximum atomic E-state index is 13.0. The van der Waals surface area contributed by atoms with E-state index in [1.54, 1.807) is 25.2 Å². The first-order chi connectivity index (χ1) is 24.2. The number of nitrogens with one attached hydrogen (secondary N) is 2. The second-order valence-corrected chi connectivity index (χ2v) is 14.9. The summed E-state index contributed by atoms with van der Waals surface area (Å²) in [7, 11) is 3.57. The van der Waals surface area contributed by atoms with Crippen LogP contribution in [0.5, 0.6) is 0 Å². The largest absolute Gasteiger partial charge is 0.370 e. The molecular formula is C38H45N9O3. The zero-order valence-electron chi connectivity index (χ0n) is 28.9. The molecule has 1 aromatic carbocycles. The molecule has 1 atom stereocenters. The minimum atomic E-state index is -0.240. The van der Waals surface area contributed by atoms with E-state index in [4.69, 9.17) is 4.98 Å². The molecule has 1 spiro atoms. The molecule has 2 N–H and O–H groups in total. The van der Waals surface area contributed by atoms with Gasteiger partial charge in [0.25, 0.3) is 5.91 Å². The summed E-state index contributed by atoms with van der Waals surface area (Å²) in [6, 6.07) is 14.6. The van der Waals surface area contributed by atoms with E-state index in [1.165, 1.54) is 24.1 Å². The fourth-order valence-corrected chi connectivity index (χ4v) is 8.34. The number of imide groups is 1. The van der Waals surface area contributed by atoms with Gasteiger partial charge in [0, 0.05) is 75.1 Å². The third kappa shape index (κ3) is 6.32. The van der Waals surface area contributed by atoms with E-state index in [1.807, 2.05) is 30.5 Å². The first-order valence-electron chi connectivity index (χ1n) is 18.0. The number of nitrogens with zero attached hydrogens (tertiary/aromatic N) is 7. The summed E-state index contributed by atoms with van der Waals surface area (Å²) < 4.78 is 2.13. The average molecular weight is 676 g/mol. The first kappa shape index (κ1) is 32.4. The predicted octanol–water partition coefficient (Wildman–Crippen LogP) is 5.01. The molecule has 50 heavy (non-hydrogen) atoms. The van der Waals surface area contributed by atoms with Crippen LogP contribution in [0.2, 0.25) is 0 Å². The van der Waals surface area contributed by atoms with Gasteiger partial charge in [-0.2, -0.15) is 4.98 Å². The molecule has 4 fully saturated rings. The van der Waals surface area contributed by atoms with Gasteiger partial charge in [0.2, 0.25) is 17.8 Å². The average Bonchev–Trinajstić information content (AvgIpc) is 3.76. The van der Waals surface area contributed by atoms with Crippen LogP contribution in [0, 0.1) is 5.41 Å². The molecule has 1 aliphatic carbocycles. The topological polar surface area (TPSA) is 129 Å². The Balaban J connectivity index is 0.845. The number of benzene rings is 1. The Morgan fingerprint density at radius 1 is 0.980 bits per heavy atom. The van der Waals surface area contributed by atoms with Crippen molar-refractivity contribution in [2.75, 3.05) is 50.5 Å². The number of amides is 3. The van der Waals surface area contributed by atoms with Crippen LogP contribution in [0.4, 0.5) is 17.5 Å². The van der Waals surface area contributed by atoms with Gasteiger partial charge >= 0.3 is 0 Å². The number of rotatable bonds is 8.